The Morgan fingerprint density at radius 1 is 1.48 bits per heavy atom. The highest BCUT2D eigenvalue weighted by atomic mass is 79.9. The van der Waals surface area contributed by atoms with Gasteiger partial charge in [-0.3, -0.25) is 4.79 Å². The van der Waals surface area contributed by atoms with Gasteiger partial charge in [-0.25, -0.2) is 10.4 Å². The van der Waals surface area contributed by atoms with Crippen LogP contribution in [0.15, 0.2) is 39.2 Å². The largest absolute Gasteiger partial charge is 0.273 e. The van der Waals surface area contributed by atoms with Gasteiger partial charge in [0, 0.05) is 9.85 Å². The van der Waals surface area contributed by atoms with Crippen LogP contribution in [0.25, 0.3) is 0 Å². The van der Waals surface area contributed by atoms with Crippen LogP contribution in [0.2, 0.25) is 0 Å². The van der Waals surface area contributed by atoms with Crippen molar-refractivity contribution in [2.45, 2.75) is 26.7 Å². The predicted molar refractivity (Wildman–Crippen MR) is 89.7 cm³/mol. The molecule has 6 heteroatoms. The summed E-state index contributed by atoms with van der Waals surface area (Å²) in [7, 11) is 0. The molecular weight excluding hydrogens is 350 g/mol. The lowest BCUT2D eigenvalue weighted by atomic mass is 10.1. The molecule has 0 atom stereocenters. The van der Waals surface area contributed by atoms with Crippen LogP contribution in [0, 0.1) is 6.92 Å². The number of nitrogens with one attached hydrogen (secondary N) is 1. The van der Waals surface area contributed by atoms with E-state index in [9.17, 15) is 4.79 Å². The zero-order chi connectivity index (χ0) is 15.2. The summed E-state index contributed by atoms with van der Waals surface area (Å²) < 4.78 is 0.991. The highest BCUT2D eigenvalue weighted by Gasteiger charge is 2.07. The predicted octanol–water partition coefficient (Wildman–Crippen LogP) is 3.69. The topological polar surface area (TPSA) is 54.4 Å². The van der Waals surface area contributed by atoms with Crippen LogP contribution < -0.4 is 5.43 Å². The minimum Gasteiger partial charge on any atom is -0.273 e. The van der Waals surface area contributed by atoms with Gasteiger partial charge >= 0.3 is 0 Å². The van der Waals surface area contributed by atoms with E-state index in [1.165, 1.54) is 0 Å². The number of halogens is 1. The zero-order valence-corrected chi connectivity index (χ0v) is 14.3. The second-order valence-corrected chi connectivity index (χ2v) is 6.47. The van der Waals surface area contributed by atoms with Crippen LogP contribution >= 0.6 is 27.3 Å². The summed E-state index contributed by atoms with van der Waals surface area (Å²) in [6.45, 7) is 3.93. The minimum absolute atomic E-state index is 0.152. The van der Waals surface area contributed by atoms with Gasteiger partial charge in [0.25, 0.3) is 0 Å². The molecule has 1 aromatic carbocycles. The SMILES string of the molecule is CC/C(=N/NC(=O)Cc1csc(C)n1)c1cccc(Br)c1. The highest BCUT2D eigenvalue weighted by Crippen LogP contribution is 2.13. The minimum atomic E-state index is -0.152. The summed E-state index contributed by atoms with van der Waals surface area (Å²) in [4.78, 5) is 16.1. The number of nitrogens with zero attached hydrogens (tertiary/aromatic N) is 2. The van der Waals surface area contributed by atoms with Gasteiger partial charge in [-0.15, -0.1) is 11.3 Å². The molecule has 0 bridgehead atoms. The summed E-state index contributed by atoms with van der Waals surface area (Å²) in [6.07, 6.45) is 0.996. The van der Waals surface area contributed by atoms with E-state index in [0.717, 1.165) is 32.9 Å². The number of carbonyl (C=O) groups excluding carboxylic acids is 1. The van der Waals surface area contributed by atoms with Crippen molar-refractivity contribution < 1.29 is 4.79 Å². The number of carbonyl (C=O) groups is 1. The first-order chi connectivity index (χ1) is 10.1. The van der Waals surface area contributed by atoms with Gasteiger partial charge in [0.2, 0.25) is 5.91 Å². The average molecular weight is 366 g/mol. The standard InChI is InChI=1S/C15H16BrN3OS/c1-3-14(11-5-4-6-12(16)7-11)18-19-15(20)8-13-9-21-10(2)17-13/h4-7,9H,3,8H2,1-2H3,(H,19,20)/b18-14-. The van der Waals surface area contributed by atoms with Crippen molar-refractivity contribution in [3.05, 3.63) is 50.4 Å². The molecular formula is C15H16BrN3OS. The monoisotopic (exact) mass is 365 g/mol. The number of aryl methyl sites for hydroxylation is 1. The Balaban J connectivity index is 2.02. The molecule has 0 aliphatic carbocycles. The maximum atomic E-state index is 11.9. The fraction of sp³-hybridized carbons (Fsp3) is 0.267. The third-order valence-corrected chi connectivity index (χ3v) is 4.13. The van der Waals surface area contributed by atoms with E-state index in [1.54, 1.807) is 11.3 Å². The van der Waals surface area contributed by atoms with Crippen molar-refractivity contribution in [3.63, 3.8) is 0 Å². The molecule has 2 rings (SSSR count). The molecule has 21 heavy (non-hydrogen) atoms. The third kappa shape index (κ3) is 4.75. The fourth-order valence-electron chi connectivity index (χ4n) is 1.84. The molecule has 1 heterocycles. The van der Waals surface area contributed by atoms with Gasteiger partial charge < -0.3 is 0 Å². The fourth-order valence-corrected chi connectivity index (χ4v) is 2.85. The summed E-state index contributed by atoms with van der Waals surface area (Å²) in [5.74, 6) is -0.152. The second-order valence-electron chi connectivity index (χ2n) is 4.49. The van der Waals surface area contributed by atoms with Gasteiger partial charge in [0.15, 0.2) is 0 Å². The maximum absolute atomic E-state index is 11.9. The Kier molecular flexibility index (Phi) is 5.64. The molecule has 110 valence electrons. The molecule has 4 nitrogen and oxygen atoms in total. The third-order valence-electron chi connectivity index (χ3n) is 2.82. The zero-order valence-electron chi connectivity index (χ0n) is 11.9. The first kappa shape index (κ1) is 15.9. The average Bonchev–Trinajstić information content (AvgIpc) is 2.85. The van der Waals surface area contributed by atoms with E-state index >= 15 is 0 Å². The van der Waals surface area contributed by atoms with E-state index in [1.807, 2.05) is 43.5 Å². The van der Waals surface area contributed by atoms with Crippen LogP contribution in [0.1, 0.15) is 29.6 Å². The van der Waals surface area contributed by atoms with Crippen LogP contribution in [-0.4, -0.2) is 16.6 Å². The molecule has 0 saturated heterocycles. The van der Waals surface area contributed by atoms with E-state index in [-0.39, 0.29) is 12.3 Å². The van der Waals surface area contributed by atoms with Crippen molar-refractivity contribution in [1.82, 2.24) is 10.4 Å². The number of thiazole rings is 1. The highest BCUT2D eigenvalue weighted by molar-refractivity contribution is 9.10. The lowest BCUT2D eigenvalue weighted by Gasteiger charge is -2.05. The first-order valence-electron chi connectivity index (χ1n) is 6.61. The number of hydrogen-bond donors (Lipinski definition) is 1. The van der Waals surface area contributed by atoms with E-state index in [4.69, 9.17) is 0 Å². The Morgan fingerprint density at radius 2 is 2.29 bits per heavy atom. The summed E-state index contributed by atoms with van der Waals surface area (Å²) >= 11 is 4.98. The molecule has 0 saturated carbocycles. The molecule has 2 aromatic rings. The van der Waals surface area contributed by atoms with Gasteiger partial charge in [0.05, 0.1) is 22.8 Å². The lowest BCUT2D eigenvalue weighted by Crippen LogP contribution is -2.22. The lowest BCUT2D eigenvalue weighted by molar-refractivity contribution is -0.120. The van der Waals surface area contributed by atoms with Crippen molar-refractivity contribution in [2.75, 3.05) is 0 Å². The number of hydrogen-bond acceptors (Lipinski definition) is 4. The number of aromatic nitrogens is 1. The molecule has 0 radical (unpaired) electrons. The van der Waals surface area contributed by atoms with Crippen molar-refractivity contribution in [3.8, 4) is 0 Å². The summed E-state index contributed by atoms with van der Waals surface area (Å²) in [5.41, 5.74) is 5.23. The Bertz CT molecular complexity index is 666. The number of amides is 1. The van der Waals surface area contributed by atoms with Crippen LogP contribution in [0.4, 0.5) is 0 Å². The van der Waals surface area contributed by atoms with Crippen molar-refractivity contribution in [2.24, 2.45) is 5.10 Å². The van der Waals surface area contributed by atoms with E-state index in [0.29, 0.717) is 0 Å². The van der Waals surface area contributed by atoms with Gasteiger partial charge in [-0.1, -0.05) is 35.0 Å². The maximum Gasteiger partial charge on any atom is 0.246 e. The molecule has 0 aliphatic rings. The van der Waals surface area contributed by atoms with Crippen LogP contribution in [0.3, 0.4) is 0 Å². The molecule has 1 aromatic heterocycles. The van der Waals surface area contributed by atoms with E-state index < -0.39 is 0 Å². The summed E-state index contributed by atoms with van der Waals surface area (Å²) in [6, 6.07) is 7.87. The number of hydrazone groups is 1. The van der Waals surface area contributed by atoms with E-state index in [2.05, 4.69) is 31.4 Å². The van der Waals surface area contributed by atoms with Gasteiger partial charge in [-0.05, 0) is 31.0 Å². The number of benzene rings is 1. The van der Waals surface area contributed by atoms with Gasteiger partial charge in [0.1, 0.15) is 0 Å². The van der Waals surface area contributed by atoms with Crippen molar-refractivity contribution in [1.29, 1.82) is 0 Å². The molecule has 1 N–H and O–H groups in total. The molecule has 0 spiro atoms. The normalized spacial score (nSPS) is 11.5. The van der Waals surface area contributed by atoms with Crippen molar-refractivity contribution >= 4 is 38.9 Å². The Morgan fingerprint density at radius 3 is 2.90 bits per heavy atom. The van der Waals surface area contributed by atoms with Crippen LogP contribution in [-0.2, 0) is 11.2 Å². The molecule has 0 fully saturated rings. The first-order valence-corrected chi connectivity index (χ1v) is 8.28. The molecule has 0 unspecified atom stereocenters. The van der Waals surface area contributed by atoms with Gasteiger partial charge in [-0.2, -0.15) is 5.10 Å². The van der Waals surface area contributed by atoms with Crippen LogP contribution in [0.5, 0.6) is 0 Å². The Labute approximate surface area is 136 Å². The smallest absolute Gasteiger partial charge is 0.246 e. The quantitative estimate of drug-likeness (QED) is 0.648. The Hall–Kier alpha value is -1.53. The summed E-state index contributed by atoms with van der Waals surface area (Å²) in [5, 5.41) is 7.09. The number of rotatable bonds is 5. The second kappa shape index (κ2) is 7.47. The molecule has 0 aliphatic heterocycles. The molecule has 1 amide bonds.